The molecule has 1 saturated carbocycles. The molecule has 7 nitrogen and oxygen atoms in total. The third kappa shape index (κ3) is 5.46. The first-order chi connectivity index (χ1) is 16.4. The number of methoxy groups -OCH3 is 1. The molecule has 9 heteroatoms. The zero-order valence-corrected chi connectivity index (χ0v) is 22.3. The second-order valence-corrected chi connectivity index (χ2v) is 10.3. The molecular weight excluding hydrogens is 615 g/mol. The lowest BCUT2D eigenvalue weighted by molar-refractivity contribution is -0.132. The summed E-state index contributed by atoms with van der Waals surface area (Å²) in [6, 6.07) is 10.5. The lowest BCUT2D eigenvalue weighted by Gasteiger charge is -2.35. The molecule has 0 unspecified atom stereocenters. The Labute approximate surface area is 220 Å². The van der Waals surface area contributed by atoms with Gasteiger partial charge in [0.05, 0.1) is 10.7 Å². The highest BCUT2D eigenvalue weighted by molar-refractivity contribution is 14.1. The fourth-order valence-corrected chi connectivity index (χ4v) is 5.25. The summed E-state index contributed by atoms with van der Waals surface area (Å²) in [4.78, 5) is 39.3. The predicted octanol–water partition coefficient (Wildman–Crippen LogP) is 5.44. The SMILES string of the molecule is COc1cc(C=C2C(=O)NC(=O)N(C3CCCCC3)C2=O)cc(I)c1OCc1ccc(Br)cc1. The van der Waals surface area contributed by atoms with E-state index in [1.807, 2.05) is 30.3 Å². The third-order valence-corrected chi connectivity index (χ3v) is 7.26. The Balaban J connectivity index is 1.59. The van der Waals surface area contributed by atoms with Gasteiger partial charge in [-0.2, -0.15) is 0 Å². The summed E-state index contributed by atoms with van der Waals surface area (Å²) in [5.41, 5.74) is 1.55. The number of imide groups is 2. The van der Waals surface area contributed by atoms with E-state index in [0.29, 0.717) is 23.7 Å². The molecule has 0 spiro atoms. The normalized spacial score (nSPS) is 18.3. The average molecular weight is 639 g/mol. The second kappa shape index (κ2) is 10.9. The van der Waals surface area contributed by atoms with E-state index in [0.717, 1.165) is 45.7 Å². The van der Waals surface area contributed by atoms with Crippen molar-refractivity contribution in [3.8, 4) is 11.5 Å². The minimum atomic E-state index is -0.688. The Bertz CT molecular complexity index is 1140. The van der Waals surface area contributed by atoms with E-state index in [4.69, 9.17) is 9.47 Å². The van der Waals surface area contributed by atoms with Crippen LogP contribution in [-0.2, 0) is 16.2 Å². The summed E-state index contributed by atoms with van der Waals surface area (Å²) >= 11 is 5.56. The number of halogens is 2. The van der Waals surface area contributed by atoms with E-state index in [2.05, 4.69) is 43.8 Å². The van der Waals surface area contributed by atoms with Crippen LogP contribution in [-0.4, -0.2) is 35.9 Å². The fraction of sp³-hybridized carbons (Fsp3) is 0.320. The van der Waals surface area contributed by atoms with Crippen LogP contribution >= 0.6 is 38.5 Å². The van der Waals surface area contributed by atoms with Gasteiger partial charge in [0.15, 0.2) is 11.5 Å². The quantitative estimate of drug-likeness (QED) is 0.259. The number of amides is 4. The number of ether oxygens (including phenoxy) is 2. The highest BCUT2D eigenvalue weighted by atomic mass is 127. The van der Waals surface area contributed by atoms with Gasteiger partial charge in [0.25, 0.3) is 11.8 Å². The molecule has 0 aromatic heterocycles. The van der Waals surface area contributed by atoms with Crippen molar-refractivity contribution in [1.82, 2.24) is 10.2 Å². The number of rotatable bonds is 6. The number of hydrogen-bond donors (Lipinski definition) is 1. The van der Waals surface area contributed by atoms with E-state index < -0.39 is 17.8 Å². The van der Waals surface area contributed by atoms with Crippen molar-refractivity contribution >= 4 is 62.4 Å². The van der Waals surface area contributed by atoms with Crippen LogP contribution in [0.1, 0.15) is 43.2 Å². The zero-order chi connectivity index (χ0) is 24.2. The van der Waals surface area contributed by atoms with Crippen molar-refractivity contribution in [3.05, 3.63) is 61.1 Å². The van der Waals surface area contributed by atoms with Gasteiger partial charge in [0, 0.05) is 10.5 Å². The lowest BCUT2D eigenvalue weighted by Crippen LogP contribution is -2.58. The molecule has 1 N–H and O–H groups in total. The van der Waals surface area contributed by atoms with E-state index in [9.17, 15) is 14.4 Å². The molecule has 4 amide bonds. The smallest absolute Gasteiger partial charge is 0.331 e. The van der Waals surface area contributed by atoms with Gasteiger partial charge in [-0.1, -0.05) is 47.3 Å². The number of urea groups is 1. The van der Waals surface area contributed by atoms with E-state index in [-0.39, 0.29) is 11.6 Å². The summed E-state index contributed by atoms with van der Waals surface area (Å²) in [6.45, 7) is 0.361. The van der Waals surface area contributed by atoms with Crippen LogP contribution in [0.2, 0.25) is 0 Å². The molecule has 2 aromatic carbocycles. The number of carbonyl (C=O) groups is 3. The van der Waals surface area contributed by atoms with Crippen LogP contribution in [0.5, 0.6) is 11.5 Å². The van der Waals surface area contributed by atoms with Crippen molar-refractivity contribution in [2.45, 2.75) is 44.8 Å². The van der Waals surface area contributed by atoms with E-state index in [1.165, 1.54) is 18.1 Å². The zero-order valence-electron chi connectivity index (χ0n) is 18.6. The maximum Gasteiger partial charge on any atom is 0.331 e. The van der Waals surface area contributed by atoms with Crippen molar-refractivity contribution in [1.29, 1.82) is 0 Å². The minimum Gasteiger partial charge on any atom is -0.493 e. The van der Waals surface area contributed by atoms with Crippen molar-refractivity contribution in [2.24, 2.45) is 0 Å². The van der Waals surface area contributed by atoms with Gasteiger partial charge in [-0.25, -0.2) is 4.79 Å². The molecule has 1 heterocycles. The number of barbiturate groups is 1. The summed E-state index contributed by atoms with van der Waals surface area (Å²) in [5, 5.41) is 2.32. The van der Waals surface area contributed by atoms with E-state index >= 15 is 0 Å². The maximum absolute atomic E-state index is 13.2. The van der Waals surface area contributed by atoms with Crippen LogP contribution in [0.25, 0.3) is 6.08 Å². The summed E-state index contributed by atoms with van der Waals surface area (Å²) < 4.78 is 13.3. The topological polar surface area (TPSA) is 84.9 Å². The van der Waals surface area contributed by atoms with Crippen LogP contribution in [0.3, 0.4) is 0 Å². The monoisotopic (exact) mass is 638 g/mol. The Morgan fingerprint density at radius 1 is 1.12 bits per heavy atom. The summed E-state index contributed by atoms with van der Waals surface area (Å²) in [5.74, 6) is -0.178. The number of benzene rings is 2. The Morgan fingerprint density at radius 2 is 1.82 bits per heavy atom. The Morgan fingerprint density at radius 3 is 2.50 bits per heavy atom. The molecule has 1 aliphatic heterocycles. The highest BCUT2D eigenvalue weighted by Crippen LogP contribution is 2.36. The van der Waals surface area contributed by atoms with Gasteiger partial charge in [-0.05, 0) is 76.9 Å². The fourth-order valence-electron chi connectivity index (χ4n) is 4.21. The van der Waals surface area contributed by atoms with Gasteiger partial charge >= 0.3 is 6.03 Å². The minimum absolute atomic E-state index is 0.0634. The van der Waals surface area contributed by atoms with Crippen LogP contribution < -0.4 is 14.8 Å². The maximum atomic E-state index is 13.2. The molecule has 0 bridgehead atoms. The van der Waals surface area contributed by atoms with Crippen LogP contribution in [0.4, 0.5) is 4.79 Å². The molecule has 4 rings (SSSR count). The molecule has 34 heavy (non-hydrogen) atoms. The van der Waals surface area contributed by atoms with Gasteiger partial charge in [-0.15, -0.1) is 0 Å². The molecular formula is C25H24BrIN2O5. The molecule has 2 aromatic rings. The van der Waals surface area contributed by atoms with E-state index in [1.54, 1.807) is 6.07 Å². The van der Waals surface area contributed by atoms with Gasteiger partial charge < -0.3 is 9.47 Å². The number of nitrogens with zero attached hydrogens (tertiary/aromatic N) is 1. The molecule has 2 aliphatic rings. The number of nitrogens with one attached hydrogen (secondary N) is 1. The third-order valence-electron chi connectivity index (χ3n) is 5.93. The van der Waals surface area contributed by atoms with Gasteiger partial charge in [0.2, 0.25) is 0 Å². The predicted molar refractivity (Wildman–Crippen MR) is 139 cm³/mol. The second-order valence-electron chi connectivity index (χ2n) is 8.23. The molecule has 1 aliphatic carbocycles. The van der Waals surface area contributed by atoms with Crippen molar-refractivity contribution < 1.29 is 23.9 Å². The number of carbonyl (C=O) groups excluding carboxylic acids is 3. The molecule has 1 saturated heterocycles. The average Bonchev–Trinajstić information content (AvgIpc) is 2.82. The molecule has 0 atom stereocenters. The lowest BCUT2D eigenvalue weighted by atomic mass is 9.93. The molecule has 2 fully saturated rings. The van der Waals surface area contributed by atoms with Gasteiger partial charge in [0.1, 0.15) is 12.2 Å². The summed E-state index contributed by atoms with van der Waals surface area (Å²) in [6.07, 6.45) is 6.05. The summed E-state index contributed by atoms with van der Waals surface area (Å²) in [7, 11) is 1.54. The largest absolute Gasteiger partial charge is 0.493 e. The molecule has 0 radical (unpaired) electrons. The Kier molecular flexibility index (Phi) is 7.92. The first kappa shape index (κ1) is 24.7. The highest BCUT2D eigenvalue weighted by Gasteiger charge is 2.40. The van der Waals surface area contributed by atoms with Crippen LogP contribution in [0.15, 0.2) is 46.4 Å². The van der Waals surface area contributed by atoms with Crippen molar-refractivity contribution in [3.63, 3.8) is 0 Å². The van der Waals surface area contributed by atoms with Crippen molar-refractivity contribution in [2.75, 3.05) is 7.11 Å². The first-order valence-electron chi connectivity index (χ1n) is 11.0. The number of hydrogen-bond acceptors (Lipinski definition) is 5. The van der Waals surface area contributed by atoms with Gasteiger partial charge in [-0.3, -0.25) is 19.8 Å². The Hall–Kier alpha value is -2.40. The van der Waals surface area contributed by atoms with Crippen LogP contribution in [0, 0.1) is 3.57 Å². The first-order valence-corrected chi connectivity index (χ1v) is 12.9. The molecule has 178 valence electrons. The standard InChI is InChI=1S/C25H24BrIN2O5/c1-33-21-13-16(12-20(27)22(21)34-14-15-7-9-17(26)10-8-15)11-19-23(30)28-25(32)29(24(19)31)18-5-3-2-4-6-18/h7-13,18H,2-6,14H2,1H3,(H,28,30,32).